The van der Waals surface area contributed by atoms with Gasteiger partial charge in [-0.15, -0.1) is 0 Å². The topological polar surface area (TPSA) is 56.3 Å². The highest BCUT2D eigenvalue weighted by Crippen LogP contribution is 2.62. The van der Waals surface area contributed by atoms with Gasteiger partial charge in [-0.3, -0.25) is 9.59 Å². The molecule has 1 aromatic carbocycles. The van der Waals surface area contributed by atoms with Crippen molar-refractivity contribution in [1.82, 2.24) is 14.7 Å². The van der Waals surface area contributed by atoms with Gasteiger partial charge in [0.1, 0.15) is 0 Å². The lowest BCUT2D eigenvalue weighted by atomic mass is 9.92. The minimum atomic E-state index is 0.146. The van der Waals surface area contributed by atoms with Crippen LogP contribution < -0.4 is 4.90 Å². The van der Waals surface area contributed by atoms with Crippen molar-refractivity contribution in [3.8, 4) is 0 Å². The molecular weight excluding hydrogens is 488 g/mol. The Hall–Kier alpha value is -2.80. The minimum Gasteiger partial charge on any atom is -0.378 e. The first kappa shape index (κ1) is 27.8. The molecule has 39 heavy (non-hydrogen) atoms. The average molecular weight is 535 g/mol. The van der Waals surface area contributed by atoms with E-state index in [1.165, 1.54) is 28.1 Å². The molecule has 3 fully saturated rings. The number of nitrogens with zero attached hydrogens (tertiary/aromatic N) is 4. The molecule has 2 amide bonds. The summed E-state index contributed by atoms with van der Waals surface area (Å²) in [6.45, 7) is 16.9. The largest absolute Gasteiger partial charge is 0.378 e. The first-order valence-corrected chi connectivity index (χ1v) is 14.8. The maximum atomic E-state index is 13.9. The van der Waals surface area contributed by atoms with Crippen molar-refractivity contribution < 1.29 is 14.3 Å². The van der Waals surface area contributed by atoms with E-state index < -0.39 is 0 Å². The number of aryl methyl sites for hydroxylation is 1. The molecule has 3 unspecified atom stereocenters. The standard InChI is InChI=1S/C32H46N4O3/c1-7-21(2)29(32(38)36-15-17-39-18-16-36)31-27(19-25-24(5)30(25)31)33(6)20-28(37)35-13-11-34(12-14-35)26-10-8-9-22(3)23(26)4/h8-10,24-25,30H,7,11-20H2,1-6H3/b29-21-. The molecule has 0 radical (unpaired) electrons. The maximum absolute atomic E-state index is 13.9. The third kappa shape index (κ3) is 5.34. The summed E-state index contributed by atoms with van der Waals surface area (Å²) in [6, 6.07) is 6.47. The highest BCUT2D eigenvalue weighted by molar-refractivity contribution is 5.99. The van der Waals surface area contributed by atoms with Crippen LogP contribution in [0.15, 0.2) is 40.6 Å². The van der Waals surface area contributed by atoms with Crippen molar-refractivity contribution >= 4 is 17.5 Å². The van der Waals surface area contributed by atoms with Gasteiger partial charge in [-0.2, -0.15) is 0 Å². The summed E-state index contributed by atoms with van der Waals surface area (Å²) in [4.78, 5) is 35.9. The van der Waals surface area contributed by atoms with E-state index in [1.807, 2.05) is 16.8 Å². The number of carbonyl (C=O) groups is 2. The molecule has 1 saturated carbocycles. The van der Waals surface area contributed by atoms with E-state index >= 15 is 0 Å². The van der Waals surface area contributed by atoms with Crippen LogP contribution >= 0.6 is 0 Å². The number of ether oxygens (including phenoxy) is 1. The molecule has 0 N–H and O–H groups in total. The molecule has 5 rings (SSSR count). The fourth-order valence-corrected chi connectivity index (χ4v) is 6.84. The van der Waals surface area contributed by atoms with Crippen molar-refractivity contribution in [2.24, 2.45) is 17.8 Å². The number of allylic oxidation sites excluding steroid dienone is 2. The molecule has 0 spiro atoms. The molecule has 4 aliphatic rings. The molecule has 2 saturated heterocycles. The highest BCUT2D eigenvalue weighted by Gasteiger charge is 2.56. The molecule has 2 aliphatic heterocycles. The van der Waals surface area contributed by atoms with Crippen molar-refractivity contribution in [2.45, 2.75) is 47.5 Å². The van der Waals surface area contributed by atoms with E-state index in [-0.39, 0.29) is 11.8 Å². The van der Waals surface area contributed by atoms with Crippen molar-refractivity contribution in [1.29, 1.82) is 0 Å². The summed E-state index contributed by atoms with van der Waals surface area (Å²) in [6.07, 6.45) is 1.81. The van der Waals surface area contributed by atoms with Crippen LogP contribution in [0.5, 0.6) is 0 Å². The Morgan fingerprint density at radius 2 is 1.72 bits per heavy atom. The molecule has 212 valence electrons. The van der Waals surface area contributed by atoms with E-state index in [4.69, 9.17) is 4.74 Å². The predicted octanol–water partition coefficient (Wildman–Crippen LogP) is 4.01. The zero-order valence-corrected chi connectivity index (χ0v) is 24.8. The number of rotatable bonds is 7. The van der Waals surface area contributed by atoms with Crippen LogP contribution in [0.25, 0.3) is 0 Å². The van der Waals surface area contributed by atoms with Gasteiger partial charge in [-0.1, -0.05) is 31.6 Å². The molecular formula is C32H46N4O3. The van der Waals surface area contributed by atoms with Crippen LogP contribution in [0.3, 0.4) is 0 Å². The van der Waals surface area contributed by atoms with Crippen molar-refractivity contribution in [2.75, 3.05) is 71.0 Å². The molecule has 2 heterocycles. The Morgan fingerprint density at radius 3 is 2.38 bits per heavy atom. The molecule has 0 aromatic heterocycles. The summed E-state index contributed by atoms with van der Waals surface area (Å²) in [5.74, 6) is 1.94. The second-order valence-electron chi connectivity index (χ2n) is 12.0. The lowest BCUT2D eigenvalue weighted by Crippen LogP contribution is -2.51. The monoisotopic (exact) mass is 534 g/mol. The summed E-state index contributed by atoms with van der Waals surface area (Å²) in [5.41, 5.74) is 8.40. The Balaban J connectivity index is 1.31. The number of likely N-dealkylation sites (N-methyl/N-ethyl adjacent to an activating group) is 1. The second-order valence-corrected chi connectivity index (χ2v) is 12.0. The summed E-state index contributed by atoms with van der Waals surface area (Å²) in [7, 11) is 2.05. The van der Waals surface area contributed by atoms with Gasteiger partial charge in [0, 0.05) is 63.3 Å². The maximum Gasteiger partial charge on any atom is 0.254 e. The number of hydrogen-bond donors (Lipinski definition) is 0. The predicted molar refractivity (Wildman–Crippen MR) is 156 cm³/mol. The molecule has 7 nitrogen and oxygen atoms in total. The molecule has 1 aromatic rings. The van der Waals surface area contributed by atoms with Crippen LogP contribution in [-0.2, 0) is 14.3 Å². The van der Waals surface area contributed by atoms with Gasteiger partial charge in [-0.25, -0.2) is 0 Å². The first-order chi connectivity index (χ1) is 18.7. The number of benzene rings is 1. The number of piperazine rings is 1. The van der Waals surface area contributed by atoms with Gasteiger partial charge in [0.25, 0.3) is 5.91 Å². The zero-order valence-electron chi connectivity index (χ0n) is 24.8. The molecule has 7 heteroatoms. The van der Waals surface area contributed by atoms with E-state index in [0.29, 0.717) is 50.6 Å². The molecule has 0 bridgehead atoms. The quantitative estimate of drug-likeness (QED) is 0.495. The Kier molecular flexibility index (Phi) is 8.08. The first-order valence-electron chi connectivity index (χ1n) is 14.8. The van der Waals surface area contributed by atoms with E-state index in [2.05, 4.69) is 62.6 Å². The number of morpholine rings is 1. The third-order valence-electron chi connectivity index (χ3n) is 9.76. The van der Waals surface area contributed by atoms with Gasteiger partial charge in [0.2, 0.25) is 5.91 Å². The Bertz CT molecular complexity index is 1170. The summed E-state index contributed by atoms with van der Waals surface area (Å²) >= 11 is 0. The normalized spacial score (nSPS) is 25.5. The second kappa shape index (κ2) is 11.4. The van der Waals surface area contributed by atoms with Crippen LogP contribution in [0.4, 0.5) is 5.69 Å². The Labute approximate surface area is 234 Å². The SMILES string of the molecule is CC/C(C)=C(\C(=O)N1CCOCC1)C1=C(N(C)CC(=O)N2CCN(c3cccc(C)c3C)CC2)CC2C(C)C12. The van der Waals surface area contributed by atoms with Gasteiger partial charge in [0.15, 0.2) is 0 Å². The fourth-order valence-electron chi connectivity index (χ4n) is 6.84. The number of carbonyl (C=O) groups excluding carboxylic acids is 2. The fraction of sp³-hybridized carbons (Fsp3) is 0.625. The molecule has 2 aliphatic carbocycles. The van der Waals surface area contributed by atoms with Crippen molar-refractivity contribution in [3.05, 3.63) is 51.7 Å². The third-order valence-corrected chi connectivity index (χ3v) is 9.76. The van der Waals surface area contributed by atoms with E-state index in [1.54, 1.807) is 0 Å². The number of fused-ring (bicyclic) bond motifs is 1. The van der Waals surface area contributed by atoms with Gasteiger partial charge in [-0.05, 0) is 74.1 Å². The van der Waals surface area contributed by atoms with Crippen LogP contribution in [0, 0.1) is 31.6 Å². The lowest BCUT2D eigenvalue weighted by Gasteiger charge is -2.38. The molecule has 3 atom stereocenters. The summed E-state index contributed by atoms with van der Waals surface area (Å²) in [5, 5.41) is 0. The number of amides is 2. The minimum absolute atomic E-state index is 0.146. The number of hydrogen-bond acceptors (Lipinski definition) is 5. The van der Waals surface area contributed by atoms with Gasteiger partial charge >= 0.3 is 0 Å². The summed E-state index contributed by atoms with van der Waals surface area (Å²) < 4.78 is 5.52. The van der Waals surface area contributed by atoms with Gasteiger partial charge in [0.05, 0.1) is 19.8 Å². The van der Waals surface area contributed by atoms with Gasteiger partial charge < -0.3 is 24.3 Å². The van der Waals surface area contributed by atoms with Crippen LogP contribution in [0.1, 0.15) is 44.7 Å². The van der Waals surface area contributed by atoms with E-state index in [9.17, 15) is 9.59 Å². The zero-order chi connectivity index (χ0) is 27.8. The van der Waals surface area contributed by atoms with Crippen molar-refractivity contribution in [3.63, 3.8) is 0 Å². The average Bonchev–Trinajstić information content (AvgIpc) is 3.40. The Morgan fingerprint density at radius 1 is 1.03 bits per heavy atom. The van der Waals surface area contributed by atoms with Crippen LogP contribution in [-0.4, -0.2) is 92.6 Å². The number of anilines is 1. The van der Waals surface area contributed by atoms with Crippen LogP contribution in [0.2, 0.25) is 0 Å². The lowest BCUT2D eigenvalue weighted by molar-refractivity contribution is -0.132. The smallest absolute Gasteiger partial charge is 0.254 e. The highest BCUT2D eigenvalue weighted by atomic mass is 16.5. The van der Waals surface area contributed by atoms with E-state index in [0.717, 1.165) is 50.2 Å².